The van der Waals surface area contributed by atoms with Crippen LogP contribution in [0.5, 0.6) is 0 Å². The van der Waals surface area contributed by atoms with E-state index < -0.39 is 6.29 Å². The first-order valence-corrected chi connectivity index (χ1v) is 9.84. The van der Waals surface area contributed by atoms with E-state index in [0.717, 1.165) is 12.0 Å². The van der Waals surface area contributed by atoms with Gasteiger partial charge in [-0.2, -0.15) is 0 Å². The van der Waals surface area contributed by atoms with Crippen LogP contribution in [0.2, 0.25) is 0 Å². The molecule has 1 fully saturated rings. The Balaban J connectivity index is 1.87. The van der Waals surface area contributed by atoms with Crippen molar-refractivity contribution in [2.45, 2.75) is 83.3 Å². The van der Waals surface area contributed by atoms with E-state index in [-0.39, 0.29) is 16.2 Å². The fraction of sp³-hybridized carbons (Fsp3) is 0.583. The first kappa shape index (κ1) is 19.4. The van der Waals surface area contributed by atoms with Gasteiger partial charge in [-0.15, -0.1) is 0 Å². The highest BCUT2D eigenvalue weighted by molar-refractivity contribution is 5.48. The Bertz CT molecular complexity index is 751. The van der Waals surface area contributed by atoms with Crippen molar-refractivity contribution in [1.82, 2.24) is 0 Å². The third-order valence-electron chi connectivity index (χ3n) is 6.82. The van der Waals surface area contributed by atoms with E-state index in [4.69, 9.17) is 10.2 Å². The molecule has 3 rings (SSSR count). The lowest BCUT2D eigenvalue weighted by molar-refractivity contribution is 0.00192. The van der Waals surface area contributed by atoms with Crippen LogP contribution in [0, 0.1) is 5.92 Å². The molecular weight excluding hydrogens is 320 g/mol. The van der Waals surface area contributed by atoms with Crippen molar-refractivity contribution in [2.24, 2.45) is 5.92 Å². The molecule has 142 valence electrons. The zero-order valence-electron chi connectivity index (χ0n) is 17.1. The molecule has 0 heterocycles. The van der Waals surface area contributed by atoms with Crippen LogP contribution in [-0.2, 0) is 16.2 Å². The van der Waals surface area contributed by atoms with Crippen LogP contribution in [0.1, 0.15) is 77.5 Å². The first-order valence-electron chi connectivity index (χ1n) is 9.84. The highest BCUT2D eigenvalue weighted by atomic mass is 16.5. The van der Waals surface area contributed by atoms with Crippen LogP contribution in [0.25, 0.3) is 0 Å². The van der Waals surface area contributed by atoms with Gasteiger partial charge in [-0.05, 0) is 71.1 Å². The highest BCUT2D eigenvalue weighted by Gasteiger charge is 2.50. The maximum Gasteiger partial charge on any atom is 0.171 e. The summed E-state index contributed by atoms with van der Waals surface area (Å²) in [5.74, 6) is 0.513. The molecule has 0 amide bonds. The second-order valence-corrected chi connectivity index (χ2v) is 9.94. The summed E-state index contributed by atoms with van der Waals surface area (Å²) in [6.07, 6.45) is 7.96. The van der Waals surface area contributed by atoms with Gasteiger partial charge >= 0.3 is 0 Å². The minimum absolute atomic E-state index is 0.196. The van der Waals surface area contributed by atoms with Crippen LogP contribution < -0.4 is 0 Å². The summed E-state index contributed by atoms with van der Waals surface area (Å²) in [6, 6.07) is 7.20. The number of benzene rings is 1. The molecule has 0 radical (unpaired) electrons. The number of rotatable bonds is 4. The maximum atomic E-state index is 9.03. The second kappa shape index (κ2) is 6.35. The van der Waals surface area contributed by atoms with Crippen molar-refractivity contribution in [3.05, 3.63) is 58.7 Å². The minimum atomic E-state index is -1.38. The highest BCUT2D eigenvalue weighted by Crippen LogP contribution is 2.56. The number of allylic oxidation sites excluding steroid dienone is 3. The molecule has 0 bridgehead atoms. The molecule has 2 atom stereocenters. The molecule has 1 aromatic carbocycles. The van der Waals surface area contributed by atoms with Crippen molar-refractivity contribution >= 4 is 0 Å². The summed E-state index contributed by atoms with van der Waals surface area (Å²) in [4.78, 5) is 0. The smallest absolute Gasteiger partial charge is 0.171 e. The van der Waals surface area contributed by atoms with Gasteiger partial charge < -0.3 is 10.2 Å². The Morgan fingerprint density at radius 3 is 2.27 bits per heavy atom. The number of aliphatic hydroxyl groups excluding tert-OH is 1. The van der Waals surface area contributed by atoms with Gasteiger partial charge in [0.05, 0.1) is 0 Å². The van der Waals surface area contributed by atoms with Crippen molar-refractivity contribution in [1.29, 1.82) is 0 Å². The Hall–Kier alpha value is -1.38. The standard InChI is InChI=1S/C24H34O2/c1-16(13-21(25)26)7-8-18-15-24(18,6)17-9-10-19-20(14-17)23(4,5)12-11-22(19,2)3/h7-10,13-14,18,21,25-26H,11-12,15H2,1-6H3/b8-7+,16-13+. The fourth-order valence-electron chi connectivity index (χ4n) is 4.51. The maximum absolute atomic E-state index is 9.03. The third kappa shape index (κ3) is 3.54. The number of fused-ring (bicyclic) bond motifs is 1. The van der Waals surface area contributed by atoms with Crippen LogP contribution >= 0.6 is 0 Å². The predicted octanol–water partition coefficient (Wildman–Crippen LogP) is 5.13. The summed E-state index contributed by atoms with van der Waals surface area (Å²) in [6.45, 7) is 13.8. The van der Waals surface area contributed by atoms with Crippen molar-refractivity contribution in [3.63, 3.8) is 0 Å². The molecule has 2 unspecified atom stereocenters. The Kier molecular flexibility index (Phi) is 4.74. The molecule has 2 heteroatoms. The van der Waals surface area contributed by atoms with E-state index >= 15 is 0 Å². The lowest BCUT2D eigenvalue weighted by Crippen LogP contribution is -2.34. The van der Waals surface area contributed by atoms with E-state index in [2.05, 4.69) is 58.9 Å². The molecule has 0 spiro atoms. The van der Waals surface area contributed by atoms with Crippen molar-refractivity contribution < 1.29 is 10.2 Å². The van der Waals surface area contributed by atoms with Crippen molar-refractivity contribution in [2.75, 3.05) is 0 Å². The Labute approximate surface area is 158 Å². The first-order chi connectivity index (χ1) is 12.0. The average molecular weight is 355 g/mol. The lowest BCUT2D eigenvalue weighted by atomic mass is 9.62. The average Bonchev–Trinajstić information content (AvgIpc) is 3.21. The normalized spacial score (nSPS) is 29.9. The molecule has 0 aromatic heterocycles. The van der Waals surface area contributed by atoms with E-state index in [1.807, 2.05) is 13.0 Å². The van der Waals surface area contributed by atoms with Gasteiger partial charge in [0.2, 0.25) is 0 Å². The monoisotopic (exact) mass is 354 g/mol. The van der Waals surface area contributed by atoms with E-state index in [1.54, 1.807) is 0 Å². The summed E-state index contributed by atoms with van der Waals surface area (Å²) in [7, 11) is 0. The van der Waals surface area contributed by atoms with Crippen LogP contribution in [0.15, 0.2) is 42.0 Å². The SMILES string of the molecule is CC(/C=C/C1CC1(C)c1ccc2c(c1)C(C)(C)CCC2(C)C)=C\C(O)O. The van der Waals surface area contributed by atoms with Crippen LogP contribution in [0.4, 0.5) is 0 Å². The predicted molar refractivity (Wildman–Crippen MR) is 108 cm³/mol. The van der Waals surface area contributed by atoms with Gasteiger partial charge in [-0.1, -0.05) is 70.5 Å². The molecule has 0 saturated heterocycles. The lowest BCUT2D eigenvalue weighted by Gasteiger charge is -2.42. The summed E-state index contributed by atoms with van der Waals surface area (Å²) < 4.78 is 0. The summed E-state index contributed by atoms with van der Waals surface area (Å²) in [5.41, 5.74) is 6.09. The van der Waals surface area contributed by atoms with Gasteiger partial charge in [-0.25, -0.2) is 0 Å². The number of hydrogen-bond donors (Lipinski definition) is 2. The Morgan fingerprint density at radius 2 is 1.65 bits per heavy atom. The van der Waals surface area contributed by atoms with E-state index in [9.17, 15) is 0 Å². The zero-order chi connectivity index (χ0) is 19.3. The second-order valence-electron chi connectivity index (χ2n) is 9.94. The molecule has 0 aliphatic heterocycles. The van der Waals surface area contributed by atoms with E-state index in [1.165, 1.54) is 35.6 Å². The summed E-state index contributed by atoms with van der Waals surface area (Å²) in [5, 5.41) is 18.1. The van der Waals surface area contributed by atoms with Gasteiger partial charge in [-0.3, -0.25) is 0 Å². The summed E-state index contributed by atoms with van der Waals surface area (Å²) >= 11 is 0. The molecular formula is C24H34O2. The van der Waals surface area contributed by atoms with Gasteiger partial charge in [0.25, 0.3) is 0 Å². The van der Waals surface area contributed by atoms with Crippen LogP contribution in [-0.4, -0.2) is 16.5 Å². The molecule has 2 nitrogen and oxygen atoms in total. The van der Waals surface area contributed by atoms with Gasteiger partial charge in [0.1, 0.15) is 0 Å². The largest absolute Gasteiger partial charge is 0.365 e. The number of hydrogen-bond acceptors (Lipinski definition) is 2. The molecule has 2 aliphatic rings. The van der Waals surface area contributed by atoms with E-state index in [0.29, 0.717) is 5.92 Å². The number of aliphatic hydroxyl groups is 2. The minimum Gasteiger partial charge on any atom is -0.365 e. The third-order valence-corrected chi connectivity index (χ3v) is 6.82. The van der Waals surface area contributed by atoms with Crippen molar-refractivity contribution in [3.8, 4) is 0 Å². The quantitative estimate of drug-likeness (QED) is 0.581. The van der Waals surface area contributed by atoms with Gasteiger partial charge in [0.15, 0.2) is 6.29 Å². The molecule has 1 saturated carbocycles. The van der Waals surface area contributed by atoms with Crippen LogP contribution in [0.3, 0.4) is 0 Å². The van der Waals surface area contributed by atoms with Gasteiger partial charge in [0, 0.05) is 0 Å². The molecule has 1 aromatic rings. The zero-order valence-corrected chi connectivity index (χ0v) is 17.1. The molecule has 2 N–H and O–H groups in total. The molecule has 26 heavy (non-hydrogen) atoms. The fourth-order valence-corrected chi connectivity index (χ4v) is 4.51. The Morgan fingerprint density at radius 1 is 1.04 bits per heavy atom. The molecule has 2 aliphatic carbocycles. The topological polar surface area (TPSA) is 40.5 Å².